The smallest absolute Gasteiger partial charge is 0.191 e. The van der Waals surface area contributed by atoms with Crippen molar-refractivity contribution < 1.29 is 0 Å². The molecule has 0 aliphatic heterocycles. The number of thioether (sulfide) groups is 1. The second-order valence-electron chi connectivity index (χ2n) is 4.47. The molecule has 0 amide bonds. The van der Waals surface area contributed by atoms with Crippen molar-refractivity contribution in [3.8, 4) is 0 Å². The van der Waals surface area contributed by atoms with Gasteiger partial charge in [-0.05, 0) is 37.7 Å². The molecule has 1 aromatic rings. The molecule has 1 aromatic carbocycles. The number of hydrogen-bond donors (Lipinski definition) is 2. The summed E-state index contributed by atoms with van der Waals surface area (Å²) in [4.78, 5) is 5.56. The fourth-order valence-electron chi connectivity index (χ4n) is 1.52. The van der Waals surface area contributed by atoms with Crippen molar-refractivity contribution in [2.75, 3.05) is 19.3 Å². The Balaban J connectivity index is 2.13. The maximum absolute atomic E-state index is 4.22. The van der Waals surface area contributed by atoms with E-state index in [1.54, 1.807) is 0 Å². The number of benzene rings is 1. The van der Waals surface area contributed by atoms with E-state index < -0.39 is 0 Å². The third kappa shape index (κ3) is 7.11. The first-order valence-corrected chi connectivity index (χ1v) is 7.89. The Morgan fingerprint density at radius 2 is 2.05 bits per heavy atom. The van der Waals surface area contributed by atoms with Gasteiger partial charge >= 0.3 is 0 Å². The van der Waals surface area contributed by atoms with E-state index >= 15 is 0 Å². The summed E-state index contributed by atoms with van der Waals surface area (Å²) < 4.78 is 0. The summed E-state index contributed by atoms with van der Waals surface area (Å²) in [6.45, 7) is 5.29. The first kappa shape index (κ1) is 15.9. The Kier molecular flexibility index (Phi) is 8.14. The molecule has 0 saturated carbocycles. The van der Waals surface area contributed by atoms with E-state index in [0.29, 0.717) is 6.04 Å². The zero-order chi connectivity index (χ0) is 13.9. The van der Waals surface area contributed by atoms with E-state index in [1.165, 1.54) is 4.90 Å². The van der Waals surface area contributed by atoms with Crippen LogP contribution in [0.25, 0.3) is 0 Å². The molecule has 0 bridgehead atoms. The minimum atomic E-state index is 0.463. The van der Waals surface area contributed by atoms with Crippen LogP contribution in [-0.4, -0.2) is 31.3 Å². The molecule has 0 aliphatic carbocycles. The Labute approximate surface area is 121 Å². The molecule has 0 saturated heterocycles. The lowest BCUT2D eigenvalue weighted by Crippen LogP contribution is -2.42. The zero-order valence-electron chi connectivity index (χ0n) is 12.1. The van der Waals surface area contributed by atoms with Crippen LogP contribution in [0.1, 0.15) is 26.7 Å². The molecular weight excluding hydrogens is 254 g/mol. The van der Waals surface area contributed by atoms with Crippen molar-refractivity contribution in [2.45, 2.75) is 37.6 Å². The maximum Gasteiger partial charge on any atom is 0.191 e. The van der Waals surface area contributed by atoms with E-state index in [0.717, 1.165) is 31.1 Å². The highest BCUT2D eigenvalue weighted by molar-refractivity contribution is 7.99. The van der Waals surface area contributed by atoms with E-state index in [4.69, 9.17) is 0 Å². The molecule has 0 radical (unpaired) electrons. The molecule has 4 heteroatoms. The summed E-state index contributed by atoms with van der Waals surface area (Å²) in [6.07, 6.45) is 2.23. The topological polar surface area (TPSA) is 36.4 Å². The van der Waals surface area contributed by atoms with Gasteiger partial charge in [0.2, 0.25) is 0 Å². The molecule has 1 atom stereocenters. The number of hydrogen-bond acceptors (Lipinski definition) is 2. The number of rotatable bonds is 7. The van der Waals surface area contributed by atoms with Crippen molar-refractivity contribution in [1.29, 1.82) is 0 Å². The number of nitrogens with zero attached hydrogens (tertiary/aromatic N) is 1. The molecule has 0 heterocycles. The molecule has 0 aromatic heterocycles. The minimum Gasteiger partial charge on any atom is -0.356 e. The van der Waals surface area contributed by atoms with Gasteiger partial charge in [-0.2, -0.15) is 0 Å². The van der Waals surface area contributed by atoms with Crippen molar-refractivity contribution in [3.63, 3.8) is 0 Å². The Morgan fingerprint density at radius 1 is 1.32 bits per heavy atom. The minimum absolute atomic E-state index is 0.463. The number of nitrogens with one attached hydrogen (secondary N) is 2. The molecule has 0 aliphatic rings. The molecule has 19 heavy (non-hydrogen) atoms. The third-order valence-corrected chi connectivity index (χ3v) is 3.94. The SMILES string of the molecule is CCC(C)NC(=NC)NCCCSc1ccccc1. The van der Waals surface area contributed by atoms with Crippen LogP contribution >= 0.6 is 11.8 Å². The first-order valence-electron chi connectivity index (χ1n) is 6.91. The van der Waals surface area contributed by atoms with Crippen LogP contribution in [0.15, 0.2) is 40.2 Å². The third-order valence-electron chi connectivity index (χ3n) is 2.84. The van der Waals surface area contributed by atoms with E-state index in [9.17, 15) is 0 Å². The van der Waals surface area contributed by atoms with Gasteiger partial charge in [0.05, 0.1) is 0 Å². The fourth-order valence-corrected chi connectivity index (χ4v) is 2.39. The zero-order valence-corrected chi connectivity index (χ0v) is 13.0. The van der Waals surface area contributed by atoms with Crippen molar-refractivity contribution >= 4 is 17.7 Å². The Hall–Kier alpha value is -1.16. The maximum atomic E-state index is 4.22. The van der Waals surface area contributed by atoms with Crippen LogP contribution in [0, 0.1) is 0 Å². The van der Waals surface area contributed by atoms with Gasteiger partial charge < -0.3 is 10.6 Å². The molecule has 3 nitrogen and oxygen atoms in total. The average molecular weight is 279 g/mol. The van der Waals surface area contributed by atoms with Crippen molar-refractivity contribution in [3.05, 3.63) is 30.3 Å². The molecule has 0 fully saturated rings. The second-order valence-corrected chi connectivity index (χ2v) is 5.64. The fraction of sp³-hybridized carbons (Fsp3) is 0.533. The Morgan fingerprint density at radius 3 is 2.68 bits per heavy atom. The van der Waals surface area contributed by atoms with Gasteiger partial charge in [-0.25, -0.2) is 0 Å². The molecule has 1 rings (SSSR count). The Bertz CT molecular complexity index is 365. The second kappa shape index (κ2) is 9.73. The monoisotopic (exact) mass is 279 g/mol. The highest BCUT2D eigenvalue weighted by Crippen LogP contribution is 2.17. The highest BCUT2D eigenvalue weighted by Gasteiger charge is 2.01. The normalized spacial score (nSPS) is 13.1. The first-order chi connectivity index (χ1) is 9.26. The van der Waals surface area contributed by atoms with Crippen LogP contribution in [0.4, 0.5) is 0 Å². The summed E-state index contributed by atoms with van der Waals surface area (Å²) in [5, 5.41) is 6.70. The lowest BCUT2D eigenvalue weighted by molar-refractivity contribution is 0.623. The van der Waals surface area contributed by atoms with E-state index in [-0.39, 0.29) is 0 Å². The van der Waals surface area contributed by atoms with Crippen LogP contribution < -0.4 is 10.6 Å². The number of aliphatic imine (C=N–C) groups is 1. The van der Waals surface area contributed by atoms with Gasteiger partial charge in [0.15, 0.2) is 5.96 Å². The van der Waals surface area contributed by atoms with Crippen LogP contribution in [0.5, 0.6) is 0 Å². The van der Waals surface area contributed by atoms with Crippen molar-refractivity contribution in [2.24, 2.45) is 4.99 Å². The predicted molar refractivity (Wildman–Crippen MR) is 86.0 cm³/mol. The standard InChI is InChI=1S/C15H25N3S/c1-4-13(2)18-15(16-3)17-11-8-12-19-14-9-6-5-7-10-14/h5-7,9-10,13H,4,8,11-12H2,1-3H3,(H2,16,17,18). The summed E-state index contributed by atoms with van der Waals surface area (Å²) in [5.41, 5.74) is 0. The van der Waals surface area contributed by atoms with Crippen LogP contribution in [-0.2, 0) is 0 Å². The molecule has 106 valence electrons. The number of guanidine groups is 1. The highest BCUT2D eigenvalue weighted by atomic mass is 32.2. The molecular formula is C15H25N3S. The van der Waals surface area contributed by atoms with Crippen LogP contribution in [0.2, 0.25) is 0 Å². The van der Waals surface area contributed by atoms with E-state index in [2.05, 4.69) is 59.8 Å². The van der Waals surface area contributed by atoms with Gasteiger partial charge in [-0.15, -0.1) is 11.8 Å². The molecule has 2 N–H and O–H groups in total. The predicted octanol–water partition coefficient (Wildman–Crippen LogP) is 3.13. The summed E-state index contributed by atoms with van der Waals surface area (Å²) in [5.74, 6) is 2.02. The quantitative estimate of drug-likeness (QED) is 0.348. The summed E-state index contributed by atoms with van der Waals surface area (Å²) >= 11 is 1.90. The van der Waals surface area contributed by atoms with Crippen LogP contribution in [0.3, 0.4) is 0 Å². The van der Waals surface area contributed by atoms with Gasteiger partial charge in [0.1, 0.15) is 0 Å². The molecule has 0 spiro atoms. The lowest BCUT2D eigenvalue weighted by Gasteiger charge is -2.16. The molecule has 1 unspecified atom stereocenters. The van der Waals surface area contributed by atoms with Crippen molar-refractivity contribution in [1.82, 2.24) is 10.6 Å². The van der Waals surface area contributed by atoms with Gasteiger partial charge in [-0.1, -0.05) is 25.1 Å². The van der Waals surface area contributed by atoms with Gasteiger partial charge in [-0.3, -0.25) is 4.99 Å². The largest absolute Gasteiger partial charge is 0.356 e. The lowest BCUT2D eigenvalue weighted by atomic mass is 10.3. The average Bonchev–Trinajstić information content (AvgIpc) is 2.46. The van der Waals surface area contributed by atoms with E-state index in [1.807, 2.05) is 18.8 Å². The summed E-state index contributed by atoms with van der Waals surface area (Å²) in [6, 6.07) is 11.0. The van der Waals surface area contributed by atoms with Gasteiger partial charge in [0.25, 0.3) is 0 Å². The summed E-state index contributed by atoms with van der Waals surface area (Å²) in [7, 11) is 1.82. The van der Waals surface area contributed by atoms with Gasteiger partial charge in [0, 0.05) is 24.5 Å².